The van der Waals surface area contributed by atoms with Gasteiger partial charge in [-0.15, -0.1) is 0 Å². The molecule has 0 saturated carbocycles. The Kier molecular flexibility index (Phi) is 2.30. The molecular formula is C9H16N2O. The van der Waals surface area contributed by atoms with Crippen LogP contribution < -0.4 is 5.32 Å². The smallest absolute Gasteiger partial charge is 0.184 e. The molecule has 0 aromatic carbocycles. The van der Waals surface area contributed by atoms with Crippen LogP contribution in [0.5, 0.6) is 0 Å². The molecule has 0 aromatic rings. The first-order valence-corrected chi connectivity index (χ1v) is 4.84. The van der Waals surface area contributed by atoms with Gasteiger partial charge < -0.3 is 10.1 Å². The fraction of sp³-hybridized carbons (Fsp3) is 0.889. The van der Waals surface area contributed by atoms with Crippen LogP contribution in [0.1, 0.15) is 26.2 Å². The van der Waals surface area contributed by atoms with Crippen LogP contribution in [0.3, 0.4) is 0 Å². The molecule has 1 saturated heterocycles. The van der Waals surface area contributed by atoms with Gasteiger partial charge >= 0.3 is 0 Å². The zero-order chi connectivity index (χ0) is 8.39. The lowest BCUT2D eigenvalue weighted by Gasteiger charge is -2.23. The summed E-state index contributed by atoms with van der Waals surface area (Å²) >= 11 is 0. The van der Waals surface area contributed by atoms with Gasteiger partial charge in [-0.1, -0.05) is 6.92 Å². The van der Waals surface area contributed by atoms with Crippen LogP contribution in [0.25, 0.3) is 0 Å². The fourth-order valence-corrected chi connectivity index (χ4v) is 1.81. The molecule has 0 amide bonds. The standard InChI is InChI=1S/C9H16N2O/c1-2-3-9-11-7-6-10-5-4-8(7)12-9/h7-8,10H,2-6H2,1H3. The van der Waals surface area contributed by atoms with Crippen LogP contribution in [0.2, 0.25) is 0 Å². The van der Waals surface area contributed by atoms with Crippen molar-refractivity contribution in [2.75, 3.05) is 13.1 Å². The van der Waals surface area contributed by atoms with Crippen LogP contribution in [0, 0.1) is 0 Å². The third-order valence-corrected chi connectivity index (χ3v) is 2.45. The van der Waals surface area contributed by atoms with E-state index in [0.717, 1.165) is 38.2 Å². The zero-order valence-corrected chi connectivity index (χ0v) is 7.55. The number of hydrogen-bond acceptors (Lipinski definition) is 3. The summed E-state index contributed by atoms with van der Waals surface area (Å²) in [6, 6.07) is 0.403. The quantitative estimate of drug-likeness (QED) is 0.666. The normalized spacial score (nSPS) is 33.9. The highest BCUT2D eigenvalue weighted by Crippen LogP contribution is 2.20. The van der Waals surface area contributed by atoms with Gasteiger partial charge in [0.25, 0.3) is 0 Å². The molecule has 1 N–H and O–H groups in total. The van der Waals surface area contributed by atoms with Crippen LogP contribution in [0.15, 0.2) is 4.99 Å². The van der Waals surface area contributed by atoms with E-state index in [4.69, 9.17) is 4.74 Å². The molecule has 2 heterocycles. The maximum absolute atomic E-state index is 5.72. The second-order valence-corrected chi connectivity index (χ2v) is 3.49. The molecule has 3 heteroatoms. The highest BCUT2D eigenvalue weighted by Gasteiger charge is 2.32. The Morgan fingerprint density at radius 1 is 1.67 bits per heavy atom. The predicted molar refractivity (Wildman–Crippen MR) is 48.5 cm³/mol. The topological polar surface area (TPSA) is 33.6 Å². The summed E-state index contributed by atoms with van der Waals surface area (Å²) in [5.74, 6) is 0.983. The van der Waals surface area contributed by atoms with Crippen LogP contribution in [-0.2, 0) is 4.74 Å². The number of aliphatic imine (C=N–C) groups is 1. The lowest BCUT2D eigenvalue weighted by Crippen LogP contribution is -2.41. The van der Waals surface area contributed by atoms with Crippen LogP contribution in [-0.4, -0.2) is 31.1 Å². The molecule has 2 unspecified atom stereocenters. The average molecular weight is 168 g/mol. The number of fused-ring (bicyclic) bond motifs is 1. The molecule has 2 rings (SSSR count). The molecule has 1 fully saturated rings. The number of hydrogen-bond donors (Lipinski definition) is 1. The van der Waals surface area contributed by atoms with Gasteiger partial charge in [-0.05, 0) is 19.4 Å². The van der Waals surface area contributed by atoms with E-state index in [0.29, 0.717) is 12.1 Å². The Morgan fingerprint density at radius 2 is 2.58 bits per heavy atom. The summed E-state index contributed by atoms with van der Waals surface area (Å²) in [4.78, 5) is 4.53. The molecule has 0 spiro atoms. The van der Waals surface area contributed by atoms with Crippen molar-refractivity contribution >= 4 is 5.90 Å². The van der Waals surface area contributed by atoms with E-state index in [2.05, 4.69) is 17.2 Å². The Bertz CT molecular complexity index is 191. The monoisotopic (exact) mass is 168 g/mol. The van der Waals surface area contributed by atoms with E-state index in [1.807, 2.05) is 0 Å². The Balaban J connectivity index is 1.94. The minimum absolute atomic E-state index is 0.382. The largest absolute Gasteiger partial charge is 0.475 e. The Morgan fingerprint density at radius 3 is 3.33 bits per heavy atom. The first-order chi connectivity index (χ1) is 5.90. The van der Waals surface area contributed by atoms with Crippen molar-refractivity contribution in [2.45, 2.75) is 38.3 Å². The maximum atomic E-state index is 5.72. The highest BCUT2D eigenvalue weighted by molar-refractivity contribution is 5.78. The van der Waals surface area contributed by atoms with Gasteiger partial charge in [-0.3, -0.25) is 0 Å². The lowest BCUT2D eigenvalue weighted by atomic mass is 10.1. The van der Waals surface area contributed by atoms with Gasteiger partial charge in [0.2, 0.25) is 0 Å². The van der Waals surface area contributed by atoms with Crippen molar-refractivity contribution in [3.63, 3.8) is 0 Å². The van der Waals surface area contributed by atoms with Crippen molar-refractivity contribution in [1.29, 1.82) is 0 Å². The molecule has 2 atom stereocenters. The number of nitrogens with zero attached hydrogens (tertiary/aromatic N) is 1. The third-order valence-electron chi connectivity index (χ3n) is 2.45. The number of nitrogens with one attached hydrogen (secondary N) is 1. The van der Waals surface area contributed by atoms with Crippen molar-refractivity contribution in [1.82, 2.24) is 5.32 Å². The van der Waals surface area contributed by atoms with Crippen molar-refractivity contribution < 1.29 is 4.74 Å². The Hall–Kier alpha value is -0.570. The number of piperidine rings is 1. The minimum atomic E-state index is 0.382. The predicted octanol–water partition coefficient (Wildman–Crippen LogP) is 0.946. The molecule has 68 valence electrons. The molecular weight excluding hydrogens is 152 g/mol. The van der Waals surface area contributed by atoms with E-state index in [-0.39, 0.29) is 0 Å². The van der Waals surface area contributed by atoms with Crippen molar-refractivity contribution in [3.8, 4) is 0 Å². The van der Waals surface area contributed by atoms with E-state index in [1.165, 1.54) is 0 Å². The van der Waals surface area contributed by atoms with Gasteiger partial charge in [0.1, 0.15) is 12.1 Å². The summed E-state index contributed by atoms with van der Waals surface area (Å²) in [6.45, 7) is 4.24. The third kappa shape index (κ3) is 1.46. The summed E-state index contributed by atoms with van der Waals surface area (Å²) < 4.78 is 5.72. The van der Waals surface area contributed by atoms with Gasteiger partial charge in [0.05, 0.1) is 0 Å². The van der Waals surface area contributed by atoms with Gasteiger partial charge in [-0.25, -0.2) is 4.99 Å². The van der Waals surface area contributed by atoms with Crippen molar-refractivity contribution in [2.24, 2.45) is 4.99 Å². The van der Waals surface area contributed by atoms with E-state index < -0.39 is 0 Å². The first kappa shape index (κ1) is 8.05. The Labute approximate surface area is 73.2 Å². The zero-order valence-electron chi connectivity index (χ0n) is 7.55. The molecule has 0 aromatic heterocycles. The summed E-state index contributed by atoms with van der Waals surface area (Å²) in [5, 5.41) is 3.33. The molecule has 0 bridgehead atoms. The van der Waals surface area contributed by atoms with Gasteiger partial charge in [-0.2, -0.15) is 0 Å². The highest BCUT2D eigenvalue weighted by atomic mass is 16.5. The number of ether oxygens (including phenoxy) is 1. The molecule has 2 aliphatic rings. The molecule has 3 nitrogen and oxygen atoms in total. The second-order valence-electron chi connectivity index (χ2n) is 3.49. The van der Waals surface area contributed by atoms with E-state index >= 15 is 0 Å². The van der Waals surface area contributed by atoms with Crippen molar-refractivity contribution in [3.05, 3.63) is 0 Å². The maximum Gasteiger partial charge on any atom is 0.184 e. The van der Waals surface area contributed by atoms with Crippen LogP contribution >= 0.6 is 0 Å². The second kappa shape index (κ2) is 3.44. The minimum Gasteiger partial charge on any atom is -0.475 e. The summed E-state index contributed by atoms with van der Waals surface area (Å²) in [7, 11) is 0. The lowest BCUT2D eigenvalue weighted by molar-refractivity contribution is 0.157. The molecule has 0 radical (unpaired) electrons. The summed E-state index contributed by atoms with van der Waals surface area (Å²) in [6.07, 6.45) is 3.63. The summed E-state index contributed by atoms with van der Waals surface area (Å²) in [5.41, 5.74) is 0. The molecule has 0 aliphatic carbocycles. The van der Waals surface area contributed by atoms with Crippen LogP contribution in [0.4, 0.5) is 0 Å². The fourth-order valence-electron chi connectivity index (χ4n) is 1.81. The first-order valence-electron chi connectivity index (χ1n) is 4.84. The molecule has 12 heavy (non-hydrogen) atoms. The SMILES string of the molecule is CCCC1=NC2CNCCC2O1. The van der Waals surface area contributed by atoms with Gasteiger partial charge in [0, 0.05) is 13.0 Å². The van der Waals surface area contributed by atoms with E-state index in [1.54, 1.807) is 0 Å². The molecule has 2 aliphatic heterocycles. The van der Waals surface area contributed by atoms with Gasteiger partial charge in [0.15, 0.2) is 5.90 Å². The van der Waals surface area contributed by atoms with E-state index in [9.17, 15) is 0 Å². The number of rotatable bonds is 2. The average Bonchev–Trinajstić information content (AvgIpc) is 2.47.